The van der Waals surface area contributed by atoms with Gasteiger partial charge in [-0.1, -0.05) is 42.0 Å². The van der Waals surface area contributed by atoms with Crippen LogP contribution in [0.2, 0.25) is 0 Å². The van der Waals surface area contributed by atoms with Crippen molar-refractivity contribution in [3.63, 3.8) is 0 Å². The summed E-state index contributed by atoms with van der Waals surface area (Å²) in [6.45, 7) is 1.15. The Balaban J connectivity index is 1.86. The number of rotatable bonds is 8. The number of hydrazone groups is 1. The summed E-state index contributed by atoms with van der Waals surface area (Å²) in [6.07, 6.45) is -3.48. The first-order valence-corrected chi connectivity index (χ1v) is 11.7. The van der Waals surface area contributed by atoms with Crippen molar-refractivity contribution < 1.29 is 31.1 Å². The molecule has 0 atom stereocenters. The molecule has 0 aromatic heterocycles. The number of nitrogens with zero attached hydrogens (tertiary/aromatic N) is 2. The van der Waals surface area contributed by atoms with Crippen molar-refractivity contribution in [3.8, 4) is 5.75 Å². The van der Waals surface area contributed by atoms with Gasteiger partial charge in [-0.05, 0) is 48.9 Å². The molecule has 0 fully saturated rings. The van der Waals surface area contributed by atoms with Crippen LogP contribution in [-0.4, -0.2) is 34.2 Å². The first-order chi connectivity index (χ1) is 16.5. The molecule has 7 nitrogen and oxygen atoms in total. The number of methoxy groups -OCH3 is 1. The van der Waals surface area contributed by atoms with Gasteiger partial charge in [0, 0.05) is 0 Å². The van der Waals surface area contributed by atoms with Crippen molar-refractivity contribution in [1.82, 2.24) is 5.43 Å². The normalized spacial score (nSPS) is 11.9. The molecule has 0 aliphatic heterocycles. The number of carbonyl (C=O) groups excluding carboxylic acids is 1. The van der Waals surface area contributed by atoms with E-state index in [9.17, 15) is 26.4 Å². The fraction of sp³-hybridized carbons (Fsp3) is 0.167. The number of anilines is 1. The fourth-order valence-corrected chi connectivity index (χ4v) is 4.54. The number of hydrogen-bond acceptors (Lipinski definition) is 5. The topological polar surface area (TPSA) is 88.1 Å². The van der Waals surface area contributed by atoms with Crippen LogP contribution in [0.1, 0.15) is 16.7 Å². The maximum Gasteiger partial charge on any atom is 0.416 e. The highest BCUT2D eigenvalue weighted by atomic mass is 32.2. The number of sulfonamides is 1. The van der Waals surface area contributed by atoms with Gasteiger partial charge in [0.15, 0.2) is 0 Å². The molecule has 0 spiro atoms. The third kappa shape index (κ3) is 6.38. The molecule has 0 saturated heterocycles. The number of para-hydroxylation sites is 2. The quantitative estimate of drug-likeness (QED) is 0.364. The number of halogens is 3. The molecule has 0 aliphatic rings. The Kier molecular flexibility index (Phi) is 7.80. The average Bonchev–Trinajstić information content (AvgIpc) is 2.82. The Hall–Kier alpha value is -3.86. The maximum absolute atomic E-state index is 13.4. The lowest BCUT2D eigenvalue weighted by Crippen LogP contribution is -2.39. The number of carbonyl (C=O) groups is 1. The van der Waals surface area contributed by atoms with Crippen molar-refractivity contribution in [1.29, 1.82) is 0 Å². The number of hydrogen-bond donors (Lipinski definition) is 1. The van der Waals surface area contributed by atoms with E-state index >= 15 is 0 Å². The molecular weight excluding hydrogens is 483 g/mol. The van der Waals surface area contributed by atoms with E-state index in [1.54, 1.807) is 30.3 Å². The van der Waals surface area contributed by atoms with Crippen molar-refractivity contribution in [2.24, 2.45) is 5.10 Å². The number of nitrogens with one attached hydrogen (secondary N) is 1. The monoisotopic (exact) mass is 505 g/mol. The van der Waals surface area contributed by atoms with Gasteiger partial charge < -0.3 is 4.74 Å². The Labute approximate surface area is 200 Å². The second kappa shape index (κ2) is 10.6. The van der Waals surface area contributed by atoms with E-state index in [0.29, 0.717) is 0 Å². The van der Waals surface area contributed by atoms with Crippen molar-refractivity contribution >= 4 is 27.8 Å². The lowest BCUT2D eigenvalue weighted by atomic mass is 10.1. The van der Waals surface area contributed by atoms with Crippen molar-refractivity contribution in [2.45, 2.75) is 18.0 Å². The third-order valence-electron chi connectivity index (χ3n) is 4.87. The molecule has 184 valence electrons. The molecule has 11 heteroatoms. The molecule has 3 aromatic rings. The van der Waals surface area contributed by atoms with Crippen molar-refractivity contribution in [3.05, 3.63) is 89.5 Å². The Morgan fingerprint density at radius 1 is 1.06 bits per heavy atom. The maximum atomic E-state index is 13.4. The lowest BCUT2D eigenvalue weighted by Gasteiger charge is -2.25. The van der Waals surface area contributed by atoms with Crippen LogP contribution in [0.4, 0.5) is 18.9 Å². The first kappa shape index (κ1) is 25.8. The van der Waals surface area contributed by atoms with Crippen LogP contribution in [0, 0.1) is 6.92 Å². The summed E-state index contributed by atoms with van der Waals surface area (Å²) in [7, 11) is -2.81. The van der Waals surface area contributed by atoms with E-state index in [-0.39, 0.29) is 21.9 Å². The van der Waals surface area contributed by atoms with E-state index in [1.165, 1.54) is 37.4 Å². The largest absolute Gasteiger partial charge is 0.495 e. The van der Waals surface area contributed by atoms with Crippen LogP contribution in [0.25, 0.3) is 0 Å². The zero-order chi connectivity index (χ0) is 25.6. The summed E-state index contributed by atoms with van der Waals surface area (Å²) in [5.74, 6) is -0.585. The van der Waals surface area contributed by atoms with Gasteiger partial charge in [0.25, 0.3) is 15.9 Å². The number of ether oxygens (including phenoxy) is 1. The van der Waals surface area contributed by atoms with Crippen LogP contribution in [0.5, 0.6) is 5.75 Å². The van der Waals surface area contributed by atoms with Crippen LogP contribution >= 0.6 is 0 Å². The zero-order valence-corrected chi connectivity index (χ0v) is 19.6. The fourth-order valence-electron chi connectivity index (χ4n) is 3.11. The molecule has 0 saturated carbocycles. The predicted octanol–water partition coefficient (Wildman–Crippen LogP) is 4.37. The Morgan fingerprint density at radius 2 is 1.74 bits per heavy atom. The van der Waals surface area contributed by atoms with Gasteiger partial charge in [-0.25, -0.2) is 13.8 Å². The van der Waals surface area contributed by atoms with Crippen LogP contribution in [-0.2, 0) is 21.0 Å². The number of amides is 1. The van der Waals surface area contributed by atoms with Crippen LogP contribution < -0.4 is 14.5 Å². The highest BCUT2D eigenvalue weighted by Crippen LogP contribution is 2.32. The Bertz CT molecular complexity index is 1320. The highest BCUT2D eigenvalue weighted by molar-refractivity contribution is 7.92. The molecule has 0 aliphatic carbocycles. The Morgan fingerprint density at radius 3 is 2.40 bits per heavy atom. The first-order valence-electron chi connectivity index (χ1n) is 10.2. The van der Waals surface area contributed by atoms with Gasteiger partial charge in [-0.3, -0.25) is 9.10 Å². The zero-order valence-electron chi connectivity index (χ0n) is 18.8. The minimum atomic E-state index is -4.52. The second-order valence-corrected chi connectivity index (χ2v) is 9.28. The summed E-state index contributed by atoms with van der Waals surface area (Å²) in [6, 6.07) is 16.8. The summed E-state index contributed by atoms with van der Waals surface area (Å²) in [4.78, 5) is 12.6. The molecule has 1 amide bonds. The molecule has 0 unspecified atom stereocenters. The van der Waals surface area contributed by atoms with Crippen LogP contribution in [0.3, 0.4) is 0 Å². The summed E-state index contributed by atoms with van der Waals surface area (Å²) >= 11 is 0. The molecule has 3 rings (SSSR count). The van der Waals surface area contributed by atoms with E-state index in [1.807, 2.05) is 6.92 Å². The third-order valence-corrected chi connectivity index (χ3v) is 6.64. The summed E-state index contributed by atoms with van der Waals surface area (Å²) in [5.41, 5.74) is 2.39. The van der Waals surface area contributed by atoms with E-state index in [4.69, 9.17) is 4.74 Å². The molecule has 0 radical (unpaired) electrons. The molecular formula is C24H22F3N3O4S. The van der Waals surface area contributed by atoms with Gasteiger partial charge >= 0.3 is 6.18 Å². The number of alkyl halides is 3. The number of benzene rings is 3. The second-order valence-electron chi connectivity index (χ2n) is 7.41. The molecule has 0 bridgehead atoms. The lowest BCUT2D eigenvalue weighted by molar-refractivity contribution is -0.137. The van der Waals surface area contributed by atoms with Crippen molar-refractivity contribution in [2.75, 3.05) is 18.0 Å². The van der Waals surface area contributed by atoms with Gasteiger partial charge in [-0.15, -0.1) is 0 Å². The summed E-state index contributed by atoms with van der Waals surface area (Å²) < 4.78 is 71.6. The predicted molar refractivity (Wildman–Crippen MR) is 126 cm³/mol. The van der Waals surface area contributed by atoms with Gasteiger partial charge in [-0.2, -0.15) is 18.3 Å². The van der Waals surface area contributed by atoms with Gasteiger partial charge in [0.1, 0.15) is 12.3 Å². The molecule has 35 heavy (non-hydrogen) atoms. The minimum Gasteiger partial charge on any atom is -0.495 e. The smallest absolute Gasteiger partial charge is 0.416 e. The van der Waals surface area contributed by atoms with E-state index in [2.05, 4.69) is 10.5 Å². The van der Waals surface area contributed by atoms with Gasteiger partial charge in [0.2, 0.25) is 0 Å². The molecule has 0 heterocycles. The number of aryl methyl sites for hydroxylation is 1. The molecule has 3 aromatic carbocycles. The van der Waals surface area contributed by atoms with Gasteiger partial charge in [0.05, 0.1) is 29.5 Å². The van der Waals surface area contributed by atoms with Crippen LogP contribution in [0.15, 0.2) is 82.8 Å². The van der Waals surface area contributed by atoms with E-state index < -0.39 is 34.2 Å². The highest BCUT2D eigenvalue weighted by Gasteiger charge is 2.31. The average molecular weight is 506 g/mol. The standard InChI is InChI=1S/C24H22F3N3O4S/c1-17-10-12-20(13-11-17)35(32,33)30(21-8-3-4-9-22(21)34-2)16-23(31)29-28-15-18-6-5-7-19(14-18)24(25,26)27/h3-15H,16H2,1-2H3,(H,29,31)/b28-15-. The van der Waals surface area contributed by atoms with E-state index in [0.717, 1.165) is 28.2 Å². The minimum absolute atomic E-state index is 0.0331. The summed E-state index contributed by atoms with van der Waals surface area (Å²) in [5, 5.41) is 3.68. The SMILES string of the molecule is COc1ccccc1N(CC(=O)N/N=C\c1cccc(C(F)(F)F)c1)S(=O)(=O)c1ccc(C)cc1. The molecule has 1 N–H and O–H groups in total.